The summed E-state index contributed by atoms with van der Waals surface area (Å²) in [5.41, 5.74) is 7.63. The number of anilines is 1. The van der Waals surface area contributed by atoms with Crippen molar-refractivity contribution in [3.05, 3.63) is 64.8 Å². The molecule has 3 aromatic rings. The van der Waals surface area contributed by atoms with Gasteiger partial charge in [0, 0.05) is 34.0 Å². The lowest BCUT2D eigenvalue weighted by molar-refractivity contribution is 0.883. The average molecular weight is 334 g/mol. The van der Waals surface area contributed by atoms with E-state index in [1.54, 1.807) is 0 Å². The maximum atomic E-state index is 4.66. The molecular weight excluding hydrogens is 312 g/mol. The van der Waals surface area contributed by atoms with Crippen molar-refractivity contribution in [2.45, 2.75) is 38.1 Å². The van der Waals surface area contributed by atoms with Gasteiger partial charge in [0.1, 0.15) is 0 Å². The summed E-state index contributed by atoms with van der Waals surface area (Å²) in [6.07, 6.45) is 3.12. The number of benzene rings is 2. The highest BCUT2D eigenvalue weighted by atomic mass is 32.2. The monoisotopic (exact) mass is 334 g/mol. The third kappa shape index (κ3) is 2.67. The molecule has 4 rings (SSSR count). The van der Waals surface area contributed by atoms with Crippen molar-refractivity contribution in [1.29, 1.82) is 0 Å². The lowest BCUT2D eigenvalue weighted by atomic mass is 10.0. The third-order valence-electron chi connectivity index (χ3n) is 4.84. The average Bonchev–Trinajstić information content (AvgIpc) is 3.06. The van der Waals surface area contributed by atoms with E-state index in [1.807, 2.05) is 18.0 Å². The number of aromatic nitrogens is 1. The van der Waals surface area contributed by atoms with Crippen molar-refractivity contribution in [1.82, 2.24) is 4.98 Å². The molecule has 1 aliphatic rings. The molecule has 0 bridgehead atoms. The van der Waals surface area contributed by atoms with Crippen molar-refractivity contribution < 1.29 is 0 Å². The first-order chi connectivity index (χ1) is 11.6. The molecule has 2 nitrogen and oxygen atoms in total. The number of aryl methyl sites for hydroxylation is 3. The van der Waals surface area contributed by atoms with Crippen molar-refractivity contribution in [2.24, 2.45) is 0 Å². The molecule has 0 amide bonds. The summed E-state index contributed by atoms with van der Waals surface area (Å²) in [7, 11) is 0. The zero-order valence-corrected chi connectivity index (χ0v) is 15.2. The SMILES string of the molecule is Cc1ccc(C(C)Nc2c(C)cnc3ccc4c(c23)CCS4)cc1. The molecule has 2 aromatic carbocycles. The number of pyridine rings is 1. The molecule has 0 fully saturated rings. The number of fused-ring (bicyclic) bond motifs is 3. The Kier molecular flexibility index (Phi) is 3.97. The van der Waals surface area contributed by atoms with Crippen LogP contribution in [-0.2, 0) is 6.42 Å². The molecule has 24 heavy (non-hydrogen) atoms. The van der Waals surface area contributed by atoms with Crippen LogP contribution in [-0.4, -0.2) is 10.7 Å². The van der Waals surface area contributed by atoms with E-state index in [4.69, 9.17) is 0 Å². The van der Waals surface area contributed by atoms with Gasteiger partial charge in [0.05, 0.1) is 5.52 Å². The molecule has 0 saturated heterocycles. The zero-order chi connectivity index (χ0) is 16.7. The van der Waals surface area contributed by atoms with Crippen LogP contribution in [0.15, 0.2) is 47.5 Å². The van der Waals surface area contributed by atoms with E-state index < -0.39 is 0 Å². The van der Waals surface area contributed by atoms with Gasteiger partial charge in [-0.05, 0) is 56.0 Å². The Morgan fingerprint density at radius 1 is 1.08 bits per heavy atom. The minimum Gasteiger partial charge on any atom is -0.378 e. The minimum absolute atomic E-state index is 0.264. The lowest BCUT2D eigenvalue weighted by Crippen LogP contribution is -2.09. The molecule has 0 spiro atoms. The Hall–Kier alpha value is -2.00. The Morgan fingerprint density at radius 3 is 2.67 bits per heavy atom. The van der Waals surface area contributed by atoms with Gasteiger partial charge in [-0.1, -0.05) is 29.8 Å². The quantitative estimate of drug-likeness (QED) is 0.667. The molecule has 122 valence electrons. The van der Waals surface area contributed by atoms with Gasteiger partial charge in [-0.3, -0.25) is 4.98 Å². The zero-order valence-electron chi connectivity index (χ0n) is 14.4. The molecule has 3 heteroatoms. The van der Waals surface area contributed by atoms with Crippen molar-refractivity contribution in [3.8, 4) is 0 Å². The van der Waals surface area contributed by atoms with Crippen LogP contribution in [0.2, 0.25) is 0 Å². The summed E-state index contributed by atoms with van der Waals surface area (Å²) in [6, 6.07) is 13.4. The second-order valence-corrected chi connectivity index (χ2v) is 7.76. The standard InChI is InChI=1S/C21H22N2S/c1-13-4-6-16(7-5-13)15(3)23-21-14(2)12-22-18-8-9-19-17(20(18)21)10-11-24-19/h4-9,12,15H,10-11H2,1-3H3,(H,22,23). The fourth-order valence-corrected chi connectivity index (χ4v) is 4.49. The lowest BCUT2D eigenvalue weighted by Gasteiger charge is -2.20. The molecule has 2 heterocycles. The maximum absolute atomic E-state index is 4.66. The van der Waals surface area contributed by atoms with Crippen molar-refractivity contribution >= 4 is 28.4 Å². The molecule has 0 aliphatic carbocycles. The van der Waals surface area contributed by atoms with Crippen LogP contribution in [0.1, 0.15) is 35.2 Å². The van der Waals surface area contributed by atoms with Crippen molar-refractivity contribution in [2.75, 3.05) is 11.1 Å². The summed E-state index contributed by atoms with van der Waals surface area (Å²) < 4.78 is 0. The van der Waals surface area contributed by atoms with Gasteiger partial charge in [-0.25, -0.2) is 0 Å². The fourth-order valence-electron chi connectivity index (χ4n) is 3.42. The number of rotatable bonds is 3. The van der Waals surface area contributed by atoms with Crippen LogP contribution in [0.25, 0.3) is 10.9 Å². The predicted molar refractivity (Wildman–Crippen MR) is 104 cm³/mol. The molecule has 1 unspecified atom stereocenters. The Bertz CT molecular complexity index is 900. The van der Waals surface area contributed by atoms with Gasteiger partial charge in [-0.2, -0.15) is 0 Å². The summed E-state index contributed by atoms with van der Waals surface area (Å²) in [5, 5.41) is 5.09. The third-order valence-corrected chi connectivity index (χ3v) is 5.94. The molecule has 1 N–H and O–H groups in total. The molecule has 1 atom stereocenters. The van der Waals surface area contributed by atoms with Crippen LogP contribution in [0.5, 0.6) is 0 Å². The smallest absolute Gasteiger partial charge is 0.0726 e. The normalized spacial score (nSPS) is 14.6. The Balaban J connectivity index is 1.79. The highest BCUT2D eigenvalue weighted by Crippen LogP contribution is 2.40. The van der Waals surface area contributed by atoms with Crippen LogP contribution in [0.4, 0.5) is 5.69 Å². The molecule has 0 saturated carbocycles. The largest absolute Gasteiger partial charge is 0.378 e. The first-order valence-corrected chi connectivity index (χ1v) is 9.49. The molecule has 0 radical (unpaired) electrons. The van der Waals surface area contributed by atoms with E-state index in [9.17, 15) is 0 Å². The van der Waals surface area contributed by atoms with Crippen LogP contribution in [0, 0.1) is 13.8 Å². The van der Waals surface area contributed by atoms with Gasteiger partial charge in [0.2, 0.25) is 0 Å². The topological polar surface area (TPSA) is 24.9 Å². The number of nitrogens with zero attached hydrogens (tertiary/aromatic N) is 1. The molecule has 1 aliphatic heterocycles. The van der Waals surface area contributed by atoms with E-state index in [0.29, 0.717) is 0 Å². The van der Waals surface area contributed by atoms with E-state index in [-0.39, 0.29) is 6.04 Å². The van der Waals surface area contributed by atoms with Gasteiger partial charge >= 0.3 is 0 Å². The molecule has 1 aromatic heterocycles. The second-order valence-electron chi connectivity index (χ2n) is 6.63. The van der Waals surface area contributed by atoms with Gasteiger partial charge in [0.15, 0.2) is 0 Å². The molecular formula is C21H22N2S. The van der Waals surface area contributed by atoms with E-state index in [2.05, 4.69) is 67.5 Å². The van der Waals surface area contributed by atoms with Crippen LogP contribution < -0.4 is 5.32 Å². The van der Waals surface area contributed by atoms with Crippen molar-refractivity contribution in [3.63, 3.8) is 0 Å². The number of thioether (sulfide) groups is 1. The van der Waals surface area contributed by atoms with E-state index in [1.165, 1.54) is 44.0 Å². The predicted octanol–water partition coefficient (Wildman–Crippen LogP) is 5.67. The van der Waals surface area contributed by atoms with Crippen LogP contribution in [0.3, 0.4) is 0 Å². The number of hydrogen-bond acceptors (Lipinski definition) is 3. The maximum Gasteiger partial charge on any atom is 0.0726 e. The Labute approximate surface area is 147 Å². The number of hydrogen-bond donors (Lipinski definition) is 1. The second kappa shape index (κ2) is 6.14. The minimum atomic E-state index is 0.264. The van der Waals surface area contributed by atoms with Gasteiger partial charge in [0.25, 0.3) is 0 Å². The summed E-state index contributed by atoms with van der Waals surface area (Å²) in [5.74, 6) is 1.18. The fraction of sp³-hybridized carbons (Fsp3) is 0.286. The summed E-state index contributed by atoms with van der Waals surface area (Å²) >= 11 is 1.96. The highest BCUT2D eigenvalue weighted by molar-refractivity contribution is 7.99. The van der Waals surface area contributed by atoms with Crippen LogP contribution >= 0.6 is 11.8 Å². The van der Waals surface area contributed by atoms with Gasteiger partial charge in [-0.15, -0.1) is 11.8 Å². The van der Waals surface area contributed by atoms with E-state index >= 15 is 0 Å². The summed E-state index contributed by atoms with van der Waals surface area (Å²) in [6.45, 7) is 6.51. The Morgan fingerprint density at radius 2 is 1.88 bits per heavy atom. The number of nitrogens with one attached hydrogen (secondary N) is 1. The summed E-state index contributed by atoms with van der Waals surface area (Å²) in [4.78, 5) is 6.08. The van der Waals surface area contributed by atoms with E-state index in [0.717, 1.165) is 11.9 Å². The first-order valence-electron chi connectivity index (χ1n) is 8.50. The first kappa shape index (κ1) is 15.5. The van der Waals surface area contributed by atoms with Gasteiger partial charge < -0.3 is 5.32 Å². The highest BCUT2D eigenvalue weighted by Gasteiger charge is 2.19.